The minimum Gasteiger partial charge on any atom is -0.390 e. The van der Waals surface area contributed by atoms with Gasteiger partial charge in [-0.1, -0.05) is 24.8 Å². The van der Waals surface area contributed by atoms with Gasteiger partial charge in [-0.25, -0.2) is 4.68 Å². The molecule has 2 aromatic heterocycles. The summed E-state index contributed by atoms with van der Waals surface area (Å²) in [6.45, 7) is 1.97. The lowest BCUT2D eigenvalue weighted by Gasteiger charge is -2.10. The summed E-state index contributed by atoms with van der Waals surface area (Å²) >= 11 is 1.40. The van der Waals surface area contributed by atoms with E-state index in [0.717, 1.165) is 21.8 Å². The van der Waals surface area contributed by atoms with Crippen molar-refractivity contribution in [3.63, 3.8) is 0 Å². The normalized spacial score (nSPS) is 17.2. The number of nitrogens with zero attached hydrogens (tertiary/aromatic N) is 4. The van der Waals surface area contributed by atoms with Gasteiger partial charge in [-0.05, 0) is 35.9 Å². The Bertz CT molecular complexity index is 896. The van der Waals surface area contributed by atoms with Crippen LogP contribution in [0.1, 0.15) is 29.8 Å². The van der Waals surface area contributed by atoms with Crippen LogP contribution in [-0.2, 0) is 6.61 Å². The maximum absolute atomic E-state index is 9.67. The van der Waals surface area contributed by atoms with E-state index in [2.05, 4.69) is 33.6 Å². The van der Waals surface area contributed by atoms with Crippen molar-refractivity contribution in [3.05, 3.63) is 59.5 Å². The minimum atomic E-state index is -0.583. The summed E-state index contributed by atoms with van der Waals surface area (Å²) in [4.78, 5) is 1.04. The van der Waals surface area contributed by atoms with Crippen molar-refractivity contribution in [2.75, 3.05) is 5.32 Å². The first-order chi connectivity index (χ1) is 12.1. The molecule has 1 aromatic carbocycles. The molecule has 1 aliphatic rings. The zero-order valence-electron chi connectivity index (χ0n) is 13.5. The van der Waals surface area contributed by atoms with Gasteiger partial charge >= 0.3 is 0 Å². The summed E-state index contributed by atoms with van der Waals surface area (Å²) in [6.07, 6.45) is 1.85. The summed E-state index contributed by atoms with van der Waals surface area (Å²) in [6, 6.07) is 11.6. The van der Waals surface area contributed by atoms with E-state index in [-0.39, 0.29) is 12.5 Å². The van der Waals surface area contributed by atoms with Crippen molar-refractivity contribution >= 4 is 17.4 Å². The Hall–Kier alpha value is -2.42. The molecule has 0 saturated carbocycles. The Kier molecular flexibility index (Phi) is 4.16. The van der Waals surface area contributed by atoms with Gasteiger partial charge in [-0.15, -0.1) is 5.10 Å². The largest absolute Gasteiger partial charge is 0.390 e. The minimum absolute atomic E-state index is 0.106. The Morgan fingerprint density at radius 2 is 2.12 bits per heavy atom. The van der Waals surface area contributed by atoms with Gasteiger partial charge in [0.2, 0.25) is 0 Å². The molecule has 2 unspecified atom stereocenters. The van der Waals surface area contributed by atoms with E-state index in [1.807, 2.05) is 24.4 Å². The second kappa shape index (κ2) is 6.47. The number of hydrogen-bond donors (Lipinski definition) is 3. The van der Waals surface area contributed by atoms with Crippen LogP contribution in [0.2, 0.25) is 0 Å². The van der Waals surface area contributed by atoms with Crippen molar-refractivity contribution in [1.29, 1.82) is 0 Å². The van der Waals surface area contributed by atoms with Crippen molar-refractivity contribution in [2.24, 2.45) is 0 Å². The van der Waals surface area contributed by atoms with Crippen molar-refractivity contribution in [2.45, 2.75) is 29.9 Å². The molecule has 0 amide bonds. The van der Waals surface area contributed by atoms with Crippen LogP contribution >= 0.6 is 11.8 Å². The number of aromatic nitrogens is 4. The highest BCUT2D eigenvalue weighted by Crippen LogP contribution is 2.39. The van der Waals surface area contributed by atoms with Gasteiger partial charge in [-0.3, -0.25) is 0 Å². The first-order valence-electron chi connectivity index (χ1n) is 7.88. The van der Waals surface area contributed by atoms with Gasteiger partial charge in [0.05, 0.1) is 23.7 Å². The second-order valence-corrected chi connectivity index (χ2v) is 6.94. The quantitative estimate of drug-likeness (QED) is 0.659. The molecule has 2 atom stereocenters. The Morgan fingerprint density at radius 1 is 1.24 bits per heavy atom. The van der Waals surface area contributed by atoms with Crippen molar-refractivity contribution < 1.29 is 10.2 Å². The van der Waals surface area contributed by atoms with Crippen LogP contribution in [0.15, 0.2) is 47.5 Å². The third-order valence-electron chi connectivity index (χ3n) is 4.18. The number of aliphatic hydroxyl groups excluding tert-OH is 2. The van der Waals surface area contributed by atoms with E-state index < -0.39 is 5.56 Å². The van der Waals surface area contributed by atoms with Crippen molar-refractivity contribution in [1.82, 2.24) is 20.0 Å². The number of fused-ring (bicyclic) bond motifs is 1. The molecule has 128 valence electrons. The van der Waals surface area contributed by atoms with E-state index in [0.29, 0.717) is 11.5 Å². The number of benzene rings is 1. The SMILES string of the molecule is CC(c1ccc2c(c1)SC(O)N2)c1ccn(-c2ccc(CO)nn2)n1. The molecule has 0 saturated heterocycles. The van der Waals surface area contributed by atoms with E-state index in [1.165, 1.54) is 11.8 Å². The molecule has 3 aromatic rings. The summed E-state index contributed by atoms with van der Waals surface area (Å²) in [5.41, 5.74) is 2.95. The monoisotopic (exact) mass is 355 g/mol. The molecule has 3 N–H and O–H groups in total. The van der Waals surface area contributed by atoms with Gasteiger partial charge in [0.1, 0.15) is 0 Å². The zero-order chi connectivity index (χ0) is 17.4. The van der Waals surface area contributed by atoms with Crippen LogP contribution in [-0.4, -0.2) is 35.8 Å². The number of thioether (sulfide) groups is 1. The molecule has 0 bridgehead atoms. The average molecular weight is 355 g/mol. The molecule has 25 heavy (non-hydrogen) atoms. The number of anilines is 1. The number of aliphatic hydroxyl groups is 2. The topological polar surface area (TPSA) is 96.1 Å². The lowest BCUT2D eigenvalue weighted by molar-refractivity contribution is 0.275. The highest BCUT2D eigenvalue weighted by atomic mass is 32.2. The molecule has 0 radical (unpaired) electrons. The van der Waals surface area contributed by atoms with Crippen LogP contribution in [0.5, 0.6) is 0 Å². The van der Waals surface area contributed by atoms with Crippen LogP contribution in [0, 0.1) is 0 Å². The number of nitrogens with one attached hydrogen (secondary N) is 1. The maximum Gasteiger partial charge on any atom is 0.178 e. The smallest absolute Gasteiger partial charge is 0.178 e. The van der Waals surface area contributed by atoms with E-state index >= 15 is 0 Å². The summed E-state index contributed by atoms with van der Waals surface area (Å²) in [5.74, 6) is 0.710. The molecule has 0 aliphatic carbocycles. The molecule has 4 rings (SSSR count). The Morgan fingerprint density at radius 3 is 2.88 bits per heavy atom. The van der Waals surface area contributed by atoms with Crippen LogP contribution < -0.4 is 5.32 Å². The first-order valence-corrected chi connectivity index (χ1v) is 8.76. The van der Waals surface area contributed by atoms with Crippen molar-refractivity contribution in [3.8, 4) is 5.82 Å². The van der Waals surface area contributed by atoms with Gasteiger partial charge in [0.25, 0.3) is 0 Å². The predicted octanol–water partition coefficient (Wildman–Crippen LogP) is 2.10. The summed E-state index contributed by atoms with van der Waals surface area (Å²) in [5, 5.41) is 34.3. The molecule has 0 fully saturated rings. The van der Waals surface area contributed by atoms with Gasteiger partial charge in [0, 0.05) is 17.0 Å². The lowest BCUT2D eigenvalue weighted by atomic mass is 9.98. The summed E-state index contributed by atoms with van der Waals surface area (Å²) in [7, 11) is 0. The third kappa shape index (κ3) is 3.11. The zero-order valence-corrected chi connectivity index (χ0v) is 14.3. The molecular weight excluding hydrogens is 338 g/mol. The molecule has 7 nitrogen and oxygen atoms in total. The first kappa shape index (κ1) is 16.1. The number of hydrogen-bond acceptors (Lipinski definition) is 7. The average Bonchev–Trinajstić information content (AvgIpc) is 3.26. The molecule has 3 heterocycles. The van der Waals surface area contributed by atoms with Gasteiger partial charge < -0.3 is 15.5 Å². The van der Waals surface area contributed by atoms with E-state index in [4.69, 9.17) is 5.11 Å². The molecule has 1 aliphatic heterocycles. The second-order valence-electron chi connectivity index (χ2n) is 5.82. The molecule has 8 heteroatoms. The summed E-state index contributed by atoms with van der Waals surface area (Å²) < 4.78 is 1.67. The van der Waals surface area contributed by atoms with Gasteiger partial charge in [-0.2, -0.15) is 10.2 Å². The highest BCUT2D eigenvalue weighted by Gasteiger charge is 2.21. The van der Waals surface area contributed by atoms with Crippen LogP contribution in [0.25, 0.3) is 5.82 Å². The van der Waals surface area contributed by atoms with Crippen LogP contribution in [0.3, 0.4) is 0 Å². The molecular formula is C17H17N5O2S. The Labute approximate surface area is 148 Å². The third-order valence-corrected chi connectivity index (χ3v) is 5.11. The standard InChI is InChI=1S/C17H17N5O2S/c1-10(11-2-4-14-15(8-11)25-17(24)18-14)13-6-7-22(21-13)16-5-3-12(9-23)19-20-16/h2-8,10,17-18,23-24H,9H2,1H3. The van der Waals surface area contributed by atoms with E-state index in [9.17, 15) is 5.11 Å². The van der Waals surface area contributed by atoms with E-state index in [1.54, 1.807) is 16.8 Å². The Balaban J connectivity index is 1.58. The van der Waals surface area contributed by atoms with Gasteiger partial charge in [0.15, 0.2) is 11.4 Å². The van der Waals surface area contributed by atoms with Crippen LogP contribution in [0.4, 0.5) is 5.69 Å². The predicted molar refractivity (Wildman–Crippen MR) is 94.5 cm³/mol. The fourth-order valence-corrected chi connectivity index (χ4v) is 3.62. The number of rotatable bonds is 4. The molecule has 0 spiro atoms. The fraction of sp³-hybridized carbons (Fsp3) is 0.235. The highest BCUT2D eigenvalue weighted by molar-refractivity contribution is 8.00. The fourth-order valence-electron chi connectivity index (χ4n) is 2.73. The maximum atomic E-state index is 9.67. The lowest BCUT2D eigenvalue weighted by Crippen LogP contribution is -2.06.